The number of hydrogen-bond donors (Lipinski definition) is 0. The van der Waals surface area contributed by atoms with E-state index in [1.54, 1.807) is 29.2 Å². The van der Waals surface area contributed by atoms with Crippen LogP contribution in [0.1, 0.15) is 24.0 Å². The molecular formula is C20H22N2O3S. The number of aryl methyl sites for hydroxylation is 1. The van der Waals surface area contributed by atoms with E-state index in [0.29, 0.717) is 25.9 Å². The highest BCUT2D eigenvalue weighted by Gasteiger charge is 2.42. The van der Waals surface area contributed by atoms with Gasteiger partial charge in [-0.05, 0) is 49.9 Å². The van der Waals surface area contributed by atoms with E-state index in [9.17, 15) is 13.2 Å². The van der Waals surface area contributed by atoms with Crippen LogP contribution in [-0.4, -0.2) is 37.8 Å². The van der Waals surface area contributed by atoms with Crippen LogP contribution in [0.4, 0.5) is 5.69 Å². The van der Waals surface area contributed by atoms with Gasteiger partial charge in [0, 0.05) is 18.8 Å². The van der Waals surface area contributed by atoms with E-state index in [1.165, 1.54) is 4.31 Å². The van der Waals surface area contributed by atoms with Crippen molar-refractivity contribution < 1.29 is 13.2 Å². The summed E-state index contributed by atoms with van der Waals surface area (Å²) in [6, 6.07) is 14.0. The molecule has 6 heteroatoms. The third-order valence-electron chi connectivity index (χ3n) is 5.27. The van der Waals surface area contributed by atoms with Gasteiger partial charge >= 0.3 is 0 Å². The Morgan fingerprint density at radius 2 is 1.77 bits per heavy atom. The van der Waals surface area contributed by atoms with Gasteiger partial charge < -0.3 is 4.90 Å². The van der Waals surface area contributed by atoms with Gasteiger partial charge in [0.25, 0.3) is 0 Å². The first-order valence-corrected chi connectivity index (χ1v) is 10.4. The molecule has 1 fully saturated rings. The highest BCUT2D eigenvalue weighted by molar-refractivity contribution is 7.89. The largest absolute Gasteiger partial charge is 0.310 e. The van der Waals surface area contributed by atoms with Gasteiger partial charge in [0.05, 0.1) is 4.90 Å². The van der Waals surface area contributed by atoms with Crippen molar-refractivity contribution >= 4 is 21.6 Å². The molecule has 26 heavy (non-hydrogen) atoms. The molecule has 1 atom stereocenters. The van der Waals surface area contributed by atoms with Crippen LogP contribution in [0.2, 0.25) is 0 Å². The Kier molecular flexibility index (Phi) is 4.32. The lowest BCUT2D eigenvalue weighted by Gasteiger charge is -2.27. The Hall–Kier alpha value is -2.18. The molecule has 0 radical (unpaired) electrons. The average Bonchev–Trinajstić information content (AvgIpc) is 3.29. The molecule has 2 aliphatic rings. The number of para-hydroxylation sites is 1. The fraction of sp³-hybridized carbons (Fsp3) is 0.350. The highest BCUT2D eigenvalue weighted by Crippen LogP contribution is 2.32. The van der Waals surface area contributed by atoms with Crippen LogP contribution in [0.3, 0.4) is 0 Å². The lowest BCUT2D eigenvalue weighted by atomic mass is 10.1. The average molecular weight is 370 g/mol. The van der Waals surface area contributed by atoms with Gasteiger partial charge in [-0.25, -0.2) is 8.42 Å². The molecule has 1 amide bonds. The van der Waals surface area contributed by atoms with E-state index in [0.717, 1.165) is 23.2 Å². The zero-order valence-corrected chi connectivity index (χ0v) is 15.6. The fourth-order valence-electron chi connectivity index (χ4n) is 3.87. The monoisotopic (exact) mass is 370 g/mol. The molecule has 0 unspecified atom stereocenters. The summed E-state index contributed by atoms with van der Waals surface area (Å²) in [5.74, 6) is -0.108. The van der Waals surface area contributed by atoms with Crippen LogP contribution in [0, 0.1) is 6.92 Å². The molecule has 5 nitrogen and oxygen atoms in total. The summed E-state index contributed by atoms with van der Waals surface area (Å²) < 4.78 is 27.5. The molecule has 1 saturated heterocycles. The molecule has 2 heterocycles. The van der Waals surface area contributed by atoms with Gasteiger partial charge in [0.15, 0.2) is 0 Å². The number of benzene rings is 2. The first-order chi connectivity index (χ1) is 12.5. The van der Waals surface area contributed by atoms with Crippen molar-refractivity contribution in [3.63, 3.8) is 0 Å². The number of sulfonamides is 1. The molecule has 0 spiro atoms. The van der Waals surface area contributed by atoms with Crippen molar-refractivity contribution in [1.29, 1.82) is 0 Å². The van der Waals surface area contributed by atoms with Crippen molar-refractivity contribution in [2.75, 3.05) is 18.0 Å². The van der Waals surface area contributed by atoms with Crippen molar-refractivity contribution in [2.24, 2.45) is 0 Å². The molecule has 0 aliphatic carbocycles. The lowest BCUT2D eigenvalue weighted by molar-refractivity contribution is -0.121. The minimum Gasteiger partial charge on any atom is -0.310 e. The molecule has 2 aromatic rings. The number of nitrogens with zero attached hydrogens (tertiary/aromatic N) is 2. The minimum atomic E-state index is -3.67. The second kappa shape index (κ2) is 6.52. The second-order valence-electron chi connectivity index (χ2n) is 6.96. The summed E-state index contributed by atoms with van der Waals surface area (Å²) in [5.41, 5.74) is 3.07. The number of carbonyl (C=O) groups is 1. The molecule has 0 N–H and O–H groups in total. The number of amides is 1. The molecular weight excluding hydrogens is 348 g/mol. The van der Waals surface area contributed by atoms with Gasteiger partial charge in [0.2, 0.25) is 15.9 Å². The summed E-state index contributed by atoms with van der Waals surface area (Å²) in [6.45, 7) is 2.93. The normalized spacial score (nSPS) is 20.3. The zero-order chi connectivity index (χ0) is 18.3. The Morgan fingerprint density at radius 3 is 2.54 bits per heavy atom. The topological polar surface area (TPSA) is 57.7 Å². The fourth-order valence-corrected chi connectivity index (χ4v) is 5.52. The number of anilines is 1. The van der Waals surface area contributed by atoms with Crippen LogP contribution in [0.25, 0.3) is 0 Å². The van der Waals surface area contributed by atoms with E-state index >= 15 is 0 Å². The Labute approximate surface area is 154 Å². The molecule has 0 bridgehead atoms. The number of carbonyl (C=O) groups excluding carboxylic acids is 1. The quantitative estimate of drug-likeness (QED) is 0.835. The van der Waals surface area contributed by atoms with Crippen LogP contribution in [-0.2, 0) is 21.2 Å². The molecule has 4 rings (SSSR count). The Balaban J connectivity index is 1.63. The zero-order valence-electron chi connectivity index (χ0n) is 14.8. The van der Waals surface area contributed by atoms with Crippen LogP contribution in [0.15, 0.2) is 53.4 Å². The summed E-state index contributed by atoms with van der Waals surface area (Å²) in [7, 11) is -3.67. The maximum Gasteiger partial charge on any atom is 0.245 e. The van der Waals surface area contributed by atoms with Crippen molar-refractivity contribution in [2.45, 2.75) is 37.1 Å². The van der Waals surface area contributed by atoms with E-state index in [2.05, 4.69) is 0 Å². The maximum absolute atomic E-state index is 13.2. The van der Waals surface area contributed by atoms with E-state index < -0.39 is 16.1 Å². The number of rotatable bonds is 3. The maximum atomic E-state index is 13.2. The smallest absolute Gasteiger partial charge is 0.245 e. The van der Waals surface area contributed by atoms with Gasteiger partial charge in [0.1, 0.15) is 6.04 Å². The van der Waals surface area contributed by atoms with Crippen molar-refractivity contribution in [3.8, 4) is 0 Å². The number of hydrogen-bond acceptors (Lipinski definition) is 3. The lowest BCUT2D eigenvalue weighted by Crippen LogP contribution is -2.47. The molecule has 0 saturated carbocycles. The standard InChI is InChI=1S/C20H22N2O3S/c1-15-8-10-17(11-9-15)26(24,25)22-13-4-7-19(22)20(23)21-14-12-16-5-2-3-6-18(16)21/h2-3,5-6,8-11,19H,4,7,12-14H2,1H3/t19-/m1/s1. The van der Waals surface area contributed by atoms with Crippen molar-refractivity contribution in [3.05, 3.63) is 59.7 Å². The first-order valence-electron chi connectivity index (χ1n) is 8.96. The van der Waals surface area contributed by atoms with E-state index in [-0.39, 0.29) is 10.8 Å². The third-order valence-corrected chi connectivity index (χ3v) is 7.19. The van der Waals surface area contributed by atoms with E-state index in [4.69, 9.17) is 0 Å². The highest BCUT2D eigenvalue weighted by atomic mass is 32.2. The molecule has 2 aliphatic heterocycles. The first kappa shape index (κ1) is 17.2. The predicted octanol–water partition coefficient (Wildman–Crippen LogP) is 2.74. The summed E-state index contributed by atoms with van der Waals surface area (Å²) >= 11 is 0. The summed E-state index contributed by atoms with van der Waals surface area (Å²) in [4.78, 5) is 15.2. The van der Waals surface area contributed by atoms with Crippen LogP contribution < -0.4 is 4.90 Å². The second-order valence-corrected chi connectivity index (χ2v) is 8.85. The third kappa shape index (κ3) is 2.83. The molecule has 2 aromatic carbocycles. The minimum absolute atomic E-state index is 0.108. The van der Waals surface area contributed by atoms with Gasteiger partial charge in [-0.1, -0.05) is 35.9 Å². The number of fused-ring (bicyclic) bond motifs is 1. The predicted molar refractivity (Wildman–Crippen MR) is 101 cm³/mol. The van der Waals surface area contributed by atoms with Gasteiger partial charge in [-0.2, -0.15) is 4.31 Å². The van der Waals surface area contributed by atoms with Crippen LogP contribution in [0.5, 0.6) is 0 Å². The molecule has 0 aromatic heterocycles. The van der Waals surface area contributed by atoms with Crippen molar-refractivity contribution in [1.82, 2.24) is 4.31 Å². The van der Waals surface area contributed by atoms with Gasteiger partial charge in [-0.15, -0.1) is 0 Å². The van der Waals surface area contributed by atoms with Crippen LogP contribution >= 0.6 is 0 Å². The molecule has 136 valence electrons. The SMILES string of the molecule is Cc1ccc(S(=O)(=O)N2CCC[C@@H]2C(=O)N2CCc3ccccc32)cc1. The van der Waals surface area contributed by atoms with E-state index in [1.807, 2.05) is 31.2 Å². The summed E-state index contributed by atoms with van der Waals surface area (Å²) in [6.07, 6.45) is 2.10. The Bertz CT molecular complexity index is 938. The Morgan fingerprint density at radius 1 is 1.04 bits per heavy atom. The summed E-state index contributed by atoms with van der Waals surface area (Å²) in [5, 5.41) is 0. The van der Waals surface area contributed by atoms with Gasteiger partial charge in [-0.3, -0.25) is 4.79 Å².